The van der Waals surface area contributed by atoms with Crippen molar-refractivity contribution in [3.05, 3.63) is 53.1 Å². The summed E-state index contributed by atoms with van der Waals surface area (Å²) in [6.07, 6.45) is 0.704. The number of carbonyl (C=O) groups excluding carboxylic acids is 1. The number of carboxylic acids is 1. The van der Waals surface area contributed by atoms with Crippen LogP contribution in [0.1, 0.15) is 33.2 Å². The number of rotatable bonds is 3. The molecule has 0 unspecified atom stereocenters. The van der Waals surface area contributed by atoms with Crippen molar-refractivity contribution in [2.45, 2.75) is 13.3 Å². The number of carboxylic acid groups (broad SMARTS) is 1. The van der Waals surface area contributed by atoms with Gasteiger partial charge >= 0.3 is 5.97 Å². The lowest BCUT2D eigenvalue weighted by atomic mass is 9.96. The fourth-order valence-electron chi connectivity index (χ4n) is 2.55. The number of hydrogen-bond acceptors (Lipinski definition) is 3. The molecule has 4 heteroatoms. The van der Waals surface area contributed by atoms with E-state index in [1.807, 2.05) is 12.1 Å². The minimum absolute atomic E-state index is 0.0141. The molecule has 0 amide bonds. The maximum Gasteiger partial charge on any atom is 0.339 e. The third-order valence-corrected chi connectivity index (χ3v) is 3.62. The number of Topliss-reactive ketones (excluding diaryl/α,β-unsaturated/α-hetero) is 1. The van der Waals surface area contributed by atoms with Crippen molar-refractivity contribution in [3.8, 4) is 16.9 Å². The number of ketones is 1. The van der Waals surface area contributed by atoms with Crippen LogP contribution >= 0.6 is 0 Å². The maximum atomic E-state index is 11.5. The van der Waals surface area contributed by atoms with Crippen LogP contribution in [0.2, 0.25) is 0 Å². The lowest BCUT2D eigenvalue weighted by Crippen LogP contribution is -2.01. The SMILES string of the molecule is CC(=O)c1cccc(-c2cc3c(c(C(=O)O)c2)OCC3)c1. The highest BCUT2D eigenvalue weighted by Gasteiger charge is 2.22. The molecule has 0 fully saturated rings. The molecular weight excluding hydrogens is 268 g/mol. The van der Waals surface area contributed by atoms with Crippen molar-refractivity contribution in [2.24, 2.45) is 0 Å². The summed E-state index contributed by atoms with van der Waals surface area (Å²) in [6.45, 7) is 2.02. The van der Waals surface area contributed by atoms with Gasteiger partial charge in [-0.1, -0.05) is 18.2 Å². The first-order chi connectivity index (χ1) is 10.1. The van der Waals surface area contributed by atoms with Gasteiger partial charge in [-0.15, -0.1) is 0 Å². The number of hydrogen-bond donors (Lipinski definition) is 1. The molecule has 1 N–H and O–H groups in total. The Kier molecular flexibility index (Phi) is 3.22. The van der Waals surface area contributed by atoms with E-state index >= 15 is 0 Å². The summed E-state index contributed by atoms with van der Waals surface area (Å²) in [5, 5.41) is 9.33. The van der Waals surface area contributed by atoms with Gasteiger partial charge < -0.3 is 9.84 Å². The second-order valence-corrected chi connectivity index (χ2v) is 5.05. The van der Waals surface area contributed by atoms with Crippen molar-refractivity contribution in [1.82, 2.24) is 0 Å². The van der Waals surface area contributed by atoms with E-state index in [9.17, 15) is 14.7 Å². The Morgan fingerprint density at radius 2 is 1.95 bits per heavy atom. The first-order valence-corrected chi connectivity index (χ1v) is 6.70. The van der Waals surface area contributed by atoms with Gasteiger partial charge in [-0.2, -0.15) is 0 Å². The number of carbonyl (C=O) groups is 2. The van der Waals surface area contributed by atoms with Gasteiger partial charge in [0, 0.05) is 12.0 Å². The van der Waals surface area contributed by atoms with Gasteiger partial charge in [-0.05, 0) is 41.8 Å². The average Bonchev–Trinajstić information content (AvgIpc) is 2.94. The highest BCUT2D eigenvalue weighted by Crippen LogP contribution is 2.35. The van der Waals surface area contributed by atoms with E-state index in [0.29, 0.717) is 24.3 Å². The summed E-state index contributed by atoms with van der Waals surface area (Å²) in [7, 11) is 0. The molecule has 0 radical (unpaired) electrons. The number of aromatic carboxylic acids is 1. The molecule has 2 aromatic rings. The van der Waals surface area contributed by atoms with Crippen LogP contribution in [0.5, 0.6) is 5.75 Å². The Morgan fingerprint density at radius 3 is 2.67 bits per heavy atom. The van der Waals surface area contributed by atoms with E-state index in [4.69, 9.17) is 4.74 Å². The zero-order valence-corrected chi connectivity index (χ0v) is 11.6. The van der Waals surface area contributed by atoms with E-state index in [1.54, 1.807) is 24.3 Å². The molecule has 0 aliphatic carbocycles. The first-order valence-electron chi connectivity index (χ1n) is 6.70. The molecule has 0 saturated heterocycles. The summed E-state index contributed by atoms with van der Waals surface area (Å²) >= 11 is 0. The van der Waals surface area contributed by atoms with Crippen molar-refractivity contribution in [1.29, 1.82) is 0 Å². The fraction of sp³-hybridized carbons (Fsp3) is 0.176. The van der Waals surface area contributed by atoms with E-state index in [-0.39, 0.29) is 11.3 Å². The quantitative estimate of drug-likeness (QED) is 0.878. The third-order valence-electron chi connectivity index (χ3n) is 3.62. The molecule has 4 nitrogen and oxygen atoms in total. The van der Waals surface area contributed by atoms with E-state index in [1.165, 1.54) is 6.92 Å². The number of ether oxygens (including phenoxy) is 1. The van der Waals surface area contributed by atoms with Gasteiger partial charge in [0.05, 0.1) is 6.61 Å². The smallest absolute Gasteiger partial charge is 0.339 e. The minimum atomic E-state index is -1.00. The van der Waals surface area contributed by atoms with Crippen LogP contribution in [0.25, 0.3) is 11.1 Å². The highest BCUT2D eigenvalue weighted by atomic mass is 16.5. The molecule has 21 heavy (non-hydrogen) atoms. The molecule has 0 atom stereocenters. The second-order valence-electron chi connectivity index (χ2n) is 5.05. The Bertz CT molecular complexity index is 746. The van der Waals surface area contributed by atoms with E-state index in [0.717, 1.165) is 16.7 Å². The van der Waals surface area contributed by atoms with Crippen LogP contribution in [0, 0.1) is 0 Å². The standard InChI is InChI=1S/C17H14O4/c1-10(18)11-3-2-4-12(7-11)14-8-13-5-6-21-16(13)15(9-14)17(19)20/h2-4,7-9H,5-6H2,1H3,(H,19,20). The zero-order valence-electron chi connectivity index (χ0n) is 11.6. The molecule has 1 aliphatic heterocycles. The third kappa shape index (κ3) is 2.40. The summed E-state index contributed by atoms with van der Waals surface area (Å²) in [5.74, 6) is -0.550. The molecule has 0 bridgehead atoms. The lowest BCUT2D eigenvalue weighted by molar-refractivity contribution is 0.0693. The topological polar surface area (TPSA) is 63.6 Å². The van der Waals surface area contributed by atoms with Gasteiger partial charge in [-0.3, -0.25) is 4.79 Å². The second kappa shape index (κ2) is 5.05. The predicted molar refractivity (Wildman–Crippen MR) is 78.0 cm³/mol. The summed E-state index contributed by atoms with van der Waals surface area (Å²) in [6, 6.07) is 10.7. The Balaban J connectivity index is 2.15. The average molecular weight is 282 g/mol. The largest absolute Gasteiger partial charge is 0.492 e. The summed E-state index contributed by atoms with van der Waals surface area (Å²) in [5.41, 5.74) is 3.31. The monoisotopic (exact) mass is 282 g/mol. The molecule has 1 heterocycles. The molecule has 0 spiro atoms. The fourth-order valence-corrected chi connectivity index (χ4v) is 2.55. The van der Waals surface area contributed by atoms with Crippen molar-refractivity contribution >= 4 is 11.8 Å². The Morgan fingerprint density at radius 1 is 1.14 bits per heavy atom. The highest BCUT2D eigenvalue weighted by molar-refractivity contribution is 5.96. The van der Waals surface area contributed by atoms with Crippen LogP contribution in [0.15, 0.2) is 36.4 Å². The van der Waals surface area contributed by atoms with E-state index < -0.39 is 5.97 Å². The van der Waals surface area contributed by atoms with Crippen LogP contribution in [-0.2, 0) is 6.42 Å². The van der Waals surface area contributed by atoms with Gasteiger partial charge in [0.15, 0.2) is 5.78 Å². The maximum absolute atomic E-state index is 11.5. The minimum Gasteiger partial charge on any atom is -0.492 e. The Hall–Kier alpha value is -2.62. The molecule has 3 rings (SSSR count). The van der Waals surface area contributed by atoms with Crippen molar-refractivity contribution in [3.63, 3.8) is 0 Å². The van der Waals surface area contributed by atoms with Gasteiger partial charge in [0.1, 0.15) is 11.3 Å². The Labute approximate surface area is 122 Å². The first kappa shape index (κ1) is 13.4. The van der Waals surface area contributed by atoms with Gasteiger partial charge in [0.25, 0.3) is 0 Å². The number of benzene rings is 2. The summed E-state index contributed by atoms with van der Waals surface area (Å²) < 4.78 is 5.41. The molecule has 106 valence electrons. The van der Waals surface area contributed by atoms with Crippen LogP contribution < -0.4 is 4.74 Å². The zero-order chi connectivity index (χ0) is 15.0. The molecule has 0 aromatic heterocycles. The van der Waals surface area contributed by atoms with Gasteiger partial charge in [-0.25, -0.2) is 4.79 Å². The van der Waals surface area contributed by atoms with Gasteiger partial charge in [0.2, 0.25) is 0 Å². The normalized spacial score (nSPS) is 12.6. The van der Waals surface area contributed by atoms with Crippen molar-refractivity contribution in [2.75, 3.05) is 6.61 Å². The lowest BCUT2D eigenvalue weighted by Gasteiger charge is -2.09. The molecular formula is C17H14O4. The predicted octanol–water partition coefficient (Wildman–Crippen LogP) is 3.19. The van der Waals surface area contributed by atoms with Crippen LogP contribution in [0.3, 0.4) is 0 Å². The van der Waals surface area contributed by atoms with E-state index in [2.05, 4.69) is 0 Å². The molecule has 2 aromatic carbocycles. The number of fused-ring (bicyclic) bond motifs is 1. The molecule has 0 saturated carbocycles. The van der Waals surface area contributed by atoms with Crippen molar-refractivity contribution < 1.29 is 19.4 Å². The van der Waals surface area contributed by atoms with Crippen LogP contribution in [0.4, 0.5) is 0 Å². The summed E-state index contributed by atoms with van der Waals surface area (Å²) in [4.78, 5) is 22.9. The molecule has 1 aliphatic rings. The van der Waals surface area contributed by atoms with Crippen LogP contribution in [-0.4, -0.2) is 23.5 Å².